The van der Waals surface area contributed by atoms with E-state index in [0.717, 1.165) is 5.56 Å². The van der Waals surface area contributed by atoms with E-state index in [0.29, 0.717) is 25.3 Å². The number of oxazole rings is 1. The quantitative estimate of drug-likeness (QED) is 0.574. The number of aromatic nitrogens is 1. The first kappa shape index (κ1) is 19.5. The second kappa shape index (κ2) is 9.57. The summed E-state index contributed by atoms with van der Waals surface area (Å²) in [5, 5.41) is 2.84. The normalized spacial score (nSPS) is 10.4. The summed E-state index contributed by atoms with van der Waals surface area (Å²) in [7, 11) is 2.87. The molecule has 0 unspecified atom stereocenters. The van der Waals surface area contributed by atoms with Gasteiger partial charge in [0, 0.05) is 25.9 Å². The summed E-state index contributed by atoms with van der Waals surface area (Å²) >= 11 is 0. The number of benzene rings is 1. The number of anilines is 1. The summed E-state index contributed by atoms with van der Waals surface area (Å²) in [6, 6.07) is 7.22. The van der Waals surface area contributed by atoms with E-state index >= 15 is 0 Å². The zero-order valence-electron chi connectivity index (χ0n) is 15.2. The van der Waals surface area contributed by atoms with Gasteiger partial charge in [-0.1, -0.05) is 17.7 Å². The molecule has 0 radical (unpaired) electrons. The molecule has 140 valence electrons. The standard InChI is InChI=1S/C18H23N3O5/c1-13-5-7-14(8-6-13)19-18(23)21(9-4-10-24-2)11-16-20-15(12-26-16)17(22)25-3/h5-8,12H,4,9-11H2,1-3H3,(H,19,23). The van der Waals surface area contributed by atoms with E-state index in [4.69, 9.17) is 9.15 Å². The van der Waals surface area contributed by atoms with Crippen LogP contribution in [0.25, 0.3) is 0 Å². The molecule has 26 heavy (non-hydrogen) atoms. The van der Waals surface area contributed by atoms with Crippen molar-refractivity contribution in [3.05, 3.63) is 47.7 Å². The number of hydrogen-bond donors (Lipinski definition) is 1. The summed E-state index contributed by atoms with van der Waals surface area (Å²) in [6.07, 6.45) is 1.87. The zero-order valence-corrected chi connectivity index (χ0v) is 15.2. The van der Waals surface area contributed by atoms with E-state index in [-0.39, 0.29) is 24.2 Å². The van der Waals surface area contributed by atoms with Gasteiger partial charge in [-0.3, -0.25) is 0 Å². The van der Waals surface area contributed by atoms with Crippen LogP contribution in [0.5, 0.6) is 0 Å². The summed E-state index contributed by atoms with van der Waals surface area (Å²) in [4.78, 5) is 29.7. The van der Waals surface area contributed by atoms with Crippen molar-refractivity contribution in [1.29, 1.82) is 0 Å². The van der Waals surface area contributed by atoms with E-state index in [1.807, 2.05) is 31.2 Å². The zero-order chi connectivity index (χ0) is 18.9. The van der Waals surface area contributed by atoms with Gasteiger partial charge in [-0.2, -0.15) is 0 Å². The van der Waals surface area contributed by atoms with Gasteiger partial charge in [-0.15, -0.1) is 0 Å². The highest BCUT2D eigenvalue weighted by Crippen LogP contribution is 2.12. The summed E-state index contributed by atoms with van der Waals surface area (Å²) in [6.45, 7) is 3.07. The molecule has 0 bridgehead atoms. The average Bonchev–Trinajstić information content (AvgIpc) is 3.11. The van der Waals surface area contributed by atoms with Gasteiger partial charge < -0.3 is 24.1 Å². The molecule has 0 atom stereocenters. The topological polar surface area (TPSA) is 93.9 Å². The first-order valence-electron chi connectivity index (χ1n) is 8.17. The third-order valence-electron chi connectivity index (χ3n) is 3.64. The maximum atomic E-state index is 12.6. The predicted molar refractivity (Wildman–Crippen MR) is 94.9 cm³/mol. The SMILES string of the molecule is COCCCN(Cc1nc(C(=O)OC)co1)C(=O)Nc1ccc(C)cc1. The second-order valence-electron chi connectivity index (χ2n) is 5.68. The van der Waals surface area contributed by atoms with Crippen molar-refractivity contribution in [2.24, 2.45) is 0 Å². The number of carbonyl (C=O) groups excluding carboxylic acids is 2. The number of nitrogens with one attached hydrogen (secondary N) is 1. The fourth-order valence-corrected chi connectivity index (χ4v) is 2.24. The lowest BCUT2D eigenvalue weighted by Gasteiger charge is -2.21. The van der Waals surface area contributed by atoms with Gasteiger partial charge in [0.25, 0.3) is 0 Å². The fraction of sp³-hybridized carbons (Fsp3) is 0.389. The van der Waals surface area contributed by atoms with Crippen LogP contribution in [0.3, 0.4) is 0 Å². The maximum Gasteiger partial charge on any atom is 0.360 e. The monoisotopic (exact) mass is 361 g/mol. The lowest BCUT2D eigenvalue weighted by molar-refractivity contribution is 0.0594. The molecule has 2 amide bonds. The molecule has 8 heteroatoms. The molecule has 1 aromatic carbocycles. The lowest BCUT2D eigenvalue weighted by atomic mass is 10.2. The molecular weight excluding hydrogens is 338 g/mol. The van der Waals surface area contributed by atoms with Crippen molar-refractivity contribution in [2.45, 2.75) is 19.9 Å². The molecule has 0 saturated heterocycles. The third-order valence-corrected chi connectivity index (χ3v) is 3.64. The Morgan fingerprint density at radius 3 is 2.62 bits per heavy atom. The Hall–Kier alpha value is -2.87. The fourth-order valence-electron chi connectivity index (χ4n) is 2.24. The molecule has 2 rings (SSSR count). The third kappa shape index (κ3) is 5.59. The minimum absolute atomic E-state index is 0.0679. The molecular formula is C18H23N3O5. The summed E-state index contributed by atoms with van der Waals surface area (Å²) in [5.74, 6) is -0.336. The Balaban J connectivity index is 2.06. The van der Waals surface area contributed by atoms with Crippen molar-refractivity contribution in [3.8, 4) is 0 Å². The van der Waals surface area contributed by atoms with Crippen LogP contribution in [0.2, 0.25) is 0 Å². The van der Waals surface area contributed by atoms with E-state index < -0.39 is 5.97 Å². The van der Waals surface area contributed by atoms with Crippen LogP contribution in [0.15, 0.2) is 34.9 Å². The highest BCUT2D eigenvalue weighted by molar-refractivity contribution is 5.89. The minimum Gasteiger partial charge on any atom is -0.464 e. The van der Waals surface area contributed by atoms with Crippen LogP contribution in [-0.2, 0) is 16.0 Å². The highest BCUT2D eigenvalue weighted by Gasteiger charge is 2.19. The minimum atomic E-state index is -0.588. The average molecular weight is 361 g/mol. The smallest absolute Gasteiger partial charge is 0.360 e. The Morgan fingerprint density at radius 2 is 1.96 bits per heavy atom. The van der Waals surface area contributed by atoms with Crippen molar-refractivity contribution in [1.82, 2.24) is 9.88 Å². The Labute approximate surface area is 152 Å². The number of nitrogens with zero attached hydrogens (tertiary/aromatic N) is 2. The Kier molecular flexibility index (Phi) is 7.16. The van der Waals surface area contributed by atoms with E-state index in [9.17, 15) is 9.59 Å². The molecule has 0 spiro atoms. The lowest BCUT2D eigenvalue weighted by Crippen LogP contribution is -2.35. The van der Waals surface area contributed by atoms with Crippen LogP contribution in [0, 0.1) is 6.92 Å². The van der Waals surface area contributed by atoms with Gasteiger partial charge >= 0.3 is 12.0 Å². The first-order valence-corrected chi connectivity index (χ1v) is 8.17. The number of hydrogen-bond acceptors (Lipinski definition) is 6. The van der Waals surface area contributed by atoms with E-state index in [1.165, 1.54) is 13.4 Å². The Bertz CT molecular complexity index is 727. The van der Waals surface area contributed by atoms with Crippen molar-refractivity contribution >= 4 is 17.7 Å². The number of aryl methyl sites for hydroxylation is 1. The Morgan fingerprint density at radius 1 is 1.23 bits per heavy atom. The van der Waals surface area contributed by atoms with Gasteiger partial charge in [0.1, 0.15) is 6.26 Å². The maximum absolute atomic E-state index is 12.6. The van der Waals surface area contributed by atoms with Crippen molar-refractivity contribution in [3.63, 3.8) is 0 Å². The molecule has 0 fully saturated rings. The molecule has 1 N–H and O–H groups in total. The van der Waals surface area contributed by atoms with Crippen LogP contribution in [-0.4, -0.2) is 49.3 Å². The largest absolute Gasteiger partial charge is 0.464 e. The number of rotatable bonds is 8. The number of amides is 2. The molecule has 0 saturated carbocycles. The van der Waals surface area contributed by atoms with E-state index in [2.05, 4.69) is 15.0 Å². The van der Waals surface area contributed by atoms with Gasteiger partial charge in [0.15, 0.2) is 5.69 Å². The number of ether oxygens (including phenoxy) is 2. The van der Waals surface area contributed by atoms with Gasteiger partial charge in [-0.25, -0.2) is 14.6 Å². The number of methoxy groups -OCH3 is 2. The first-order chi connectivity index (χ1) is 12.5. The summed E-state index contributed by atoms with van der Waals surface area (Å²) in [5.41, 5.74) is 1.87. The molecule has 0 aliphatic rings. The van der Waals surface area contributed by atoms with Crippen LogP contribution < -0.4 is 5.32 Å². The van der Waals surface area contributed by atoms with Gasteiger partial charge in [-0.05, 0) is 25.5 Å². The van der Waals surface area contributed by atoms with Crippen LogP contribution in [0.1, 0.15) is 28.4 Å². The van der Waals surface area contributed by atoms with Crippen molar-refractivity contribution < 1.29 is 23.5 Å². The van der Waals surface area contributed by atoms with Crippen LogP contribution >= 0.6 is 0 Å². The molecule has 1 aromatic heterocycles. The van der Waals surface area contributed by atoms with Gasteiger partial charge in [0.05, 0.1) is 13.7 Å². The van der Waals surface area contributed by atoms with E-state index in [1.54, 1.807) is 12.0 Å². The summed E-state index contributed by atoms with van der Waals surface area (Å²) < 4.78 is 14.9. The second-order valence-corrected chi connectivity index (χ2v) is 5.68. The molecule has 1 heterocycles. The number of carbonyl (C=O) groups is 2. The molecule has 0 aliphatic heterocycles. The molecule has 2 aromatic rings. The highest BCUT2D eigenvalue weighted by atomic mass is 16.5. The molecule has 0 aliphatic carbocycles. The van der Waals surface area contributed by atoms with Crippen molar-refractivity contribution in [2.75, 3.05) is 32.7 Å². The number of esters is 1. The van der Waals surface area contributed by atoms with Gasteiger partial charge in [0.2, 0.25) is 5.89 Å². The molecule has 8 nitrogen and oxygen atoms in total. The number of urea groups is 1. The van der Waals surface area contributed by atoms with Crippen LogP contribution in [0.4, 0.5) is 10.5 Å². The predicted octanol–water partition coefficient (Wildman–Crippen LogP) is 2.84.